The zero-order chi connectivity index (χ0) is 19.5. The minimum absolute atomic E-state index is 0.121. The molecule has 4 rings (SSSR count). The van der Waals surface area contributed by atoms with Gasteiger partial charge in [0.1, 0.15) is 5.75 Å². The summed E-state index contributed by atoms with van der Waals surface area (Å²) in [5, 5.41) is 0.624. The second kappa shape index (κ2) is 7.77. The van der Waals surface area contributed by atoms with E-state index in [1.807, 2.05) is 4.90 Å². The number of nitrogen functional groups attached to an aromatic ring is 1. The fourth-order valence-electron chi connectivity index (χ4n) is 2.98. The molecule has 1 fully saturated rings. The van der Waals surface area contributed by atoms with Crippen molar-refractivity contribution in [1.82, 2.24) is 14.9 Å². The van der Waals surface area contributed by atoms with E-state index in [1.54, 1.807) is 47.5 Å². The Bertz CT molecular complexity index is 954. The molecule has 2 N–H and O–H groups in total. The van der Waals surface area contributed by atoms with Gasteiger partial charge in [-0.2, -0.15) is 4.98 Å². The number of rotatable bonds is 4. The number of ether oxygens (including phenoxy) is 1. The van der Waals surface area contributed by atoms with E-state index in [2.05, 4.69) is 9.97 Å². The van der Waals surface area contributed by atoms with Crippen LogP contribution in [0.1, 0.15) is 10.6 Å². The fourth-order valence-corrected chi connectivity index (χ4v) is 3.11. The monoisotopic (exact) mass is 399 g/mol. The Labute approximate surface area is 166 Å². The van der Waals surface area contributed by atoms with Crippen molar-refractivity contribution in [1.29, 1.82) is 0 Å². The van der Waals surface area contributed by atoms with Crippen molar-refractivity contribution >= 4 is 29.3 Å². The number of carbonyl (C=O) groups is 1. The highest BCUT2D eigenvalue weighted by molar-refractivity contribution is 6.30. The number of piperazine rings is 1. The summed E-state index contributed by atoms with van der Waals surface area (Å²) >= 11 is 5.92. The predicted octanol–water partition coefficient (Wildman–Crippen LogP) is 3.06. The van der Waals surface area contributed by atoms with Crippen molar-refractivity contribution in [3.05, 3.63) is 59.6 Å². The van der Waals surface area contributed by atoms with Crippen LogP contribution < -0.4 is 15.4 Å². The normalized spacial score (nSPS) is 14.2. The number of nitrogens with zero attached hydrogens (tertiary/aromatic N) is 4. The van der Waals surface area contributed by atoms with Crippen molar-refractivity contribution in [2.24, 2.45) is 0 Å². The number of hydrogen-bond acceptors (Lipinski definition) is 7. The topological polar surface area (TPSA) is 97.7 Å². The molecule has 1 aliphatic heterocycles. The molecule has 8 nitrogen and oxygen atoms in total. The molecule has 0 aliphatic carbocycles. The highest BCUT2D eigenvalue weighted by Gasteiger charge is 2.26. The van der Waals surface area contributed by atoms with Crippen molar-refractivity contribution < 1.29 is 13.9 Å². The summed E-state index contributed by atoms with van der Waals surface area (Å²) in [4.78, 5) is 24.6. The van der Waals surface area contributed by atoms with Crippen LogP contribution in [-0.4, -0.2) is 47.0 Å². The molecule has 1 aromatic carbocycles. The van der Waals surface area contributed by atoms with Crippen LogP contribution in [0.2, 0.25) is 5.02 Å². The van der Waals surface area contributed by atoms with Gasteiger partial charge in [0.15, 0.2) is 17.3 Å². The van der Waals surface area contributed by atoms with Gasteiger partial charge in [-0.25, -0.2) is 4.98 Å². The molecule has 0 radical (unpaired) electrons. The second-order valence-corrected chi connectivity index (χ2v) is 6.67. The van der Waals surface area contributed by atoms with Crippen LogP contribution >= 0.6 is 11.6 Å². The van der Waals surface area contributed by atoms with Gasteiger partial charge in [-0.05, 0) is 36.4 Å². The van der Waals surface area contributed by atoms with Crippen LogP contribution in [0.25, 0.3) is 0 Å². The van der Waals surface area contributed by atoms with Crippen molar-refractivity contribution in [2.75, 3.05) is 36.8 Å². The Kier molecular flexibility index (Phi) is 5.03. The van der Waals surface area contributed by atoms with Gasteiger partial charge < -0.3 is 24.7 Å². The summed E-state index contributed by atoms with van der Waals surface area (Å²) in [6.45, 7) is 2.23. The van der Waals surface area contributed by atoms with Crippen LogP contribution in [0.5, 0.6) is 11.5 Å². The smallest absolute Gasteiger partial charge is 0.289 e. The van der Waals surface area contributed by atoms with Gasteiger partial charge >= 0.3 is 0 Å². The van der Waals surface area contributed by atoms with Gasteiger partial charge in [0.25, 0.3) is 5.91 Å². The first-order chi connectivity index (χ1) is 13.6. The van der Waals surface area contributed by atoms with Crippen molar-refractivity contribution in [2.45, 2.75) is 0 Å². The van der Waals surface area contributed by atoms with Crippen LogP contribution in [0, 0.1) is 0 Å². The lowest BCUT2D eigenvalue weighted by molar-refractivity contribution is 0.0714. The SMILES string of the molecule is Nc1ncc(Oc2ccc(Cl)cc2)c(N2CCN(C(=O)c3ccco3)CC2)n1. The van der Waals surface area contributed by atoms with E-state index in [0.29, 0.717) is 54.3 Å². The lowest BCUT2D eigenvalue weighted by Crippen LogP contribution is -2.49. The first-order valence-corrected chi connectivity index (χ1v) is 9.11. The van der Waals surface area contributed by atoms with Gasteiger partial charge in [-0.3, -0.25) is 4.79 Å². The summed E-state index contributed by atoms with van der Waals surface area (Å²) in [6.07, 6.45) is 3.04. The number of nitrogens with two attached hydrogens (primary N) is 1. The highest BCUT2D eigenvalue weighted by Crippen LogP contribution is 2.31. The molecule has 1 saturated heterocycles. The number of carbonyl (C=O) groups excluding carboxylic acids is 1. The van der Waals surface area contributed by atoms with Gasteiger partial charge in [-0.1, -0.05) is 11.6 Å². The van der Waals surface area contributed by atoms with Gasteiger partial charge in [0.2, 0.25) is 5.95 Å². The number of amides is 1. The standard InChI is InChI=1S/C19H18ClN5O3/c20-13-3-5-14(6-4-13)28-16-12-22-19(21)23-17(16)24-7-9-25(10-8-24)18(26)15-2-1-11-27-15/h1-6,11-12H,7-10H2,(H2,21,22,23). The molecule has 9 heteroatoms. The molecule has 0 bridgehead atoms. The molecular weight excluding hydrogens is 382 g/mol. The molecule has 3 aromatic rings. The maximum absolute atomic E-state index is 12.4. The molecule has 0 saturated carbocycles. The third-order valence-corrected chi connectivity index (χ3v) is 4.65. The minimum Gasteiger partial charge on any atom is -0.459 e. The van der Waals surface area contributed by atoms with Crippen LogP contribution in [0.15, 0.2) is 53.3 Å². The highest BCUT2D eigenvalue weighted by atomic mass is 35.5. The second-order valence-electron chi connectivity index (χ2n) is 6.23. The number of anilines is 2. The summed E-state index contributed by atoms with van der Waals surface area (Å²) in [5.41, 5.74) is 5.79. The van der Waals surface area contributed by atoms with E-state index in [9.17, 15) is 4.79 Å². The summed E-state index contributed by atoms with van der Waals surface area (Å²) in [7, 11) is 0. The quantitative estimate of drug-likeness (QED) is 0.719. The number of furan rings is 1. The molecule has 2 aromatic heterocycles. The number of hydrogen-bond donors (Lipinski definition) is 1. The Balaban J connectivity index is 1.49. The fraction of sp³-hybridized carbons (Fsp3) is 0.211. The molecule has 0 spiro atoms. The van der Waals surface area contributed by atoms with Crippen LogP contribution in [-0.2, 0) is 0 Å². The maximum Gasteiger partial charge on any atom is 0.289 e. The molecule has 0 atom stereocenters. The lowest BCUT2D eigenvalue weighted by Gasteiger charge is -2.35. The van der Waals surface area contributed by atoms with Gasteiger partial charge in [0.05, 0.1) is 12.5 Å². The molecule has 144 valence electrons. The molecule has 1 aliphatic rings. The number of aromatic nitrogens is 2. The molecule has 28 heavy (non-hydrogen) atoms. The van der Waals surface area contributed by atoms with E-state index in [0.717, 1.165) is 0 Å². The number of halogens is 1. The minimum atomic E-state index is -0.121. The zero-order valence-corrected chi connectivity index (χ0v) is 15.7. The van der Waals surface area contributed by atoms with E-state index in [4.69, 9.17) is 26.5 Å². The van der Waals surface area contributed by atoms with Crippen molar-refractivity contribution in [3.8, 4) is 11.5 Å². The van der Waals surface area contributed by atoms with E-state index in [-0.39, 0.29) is 11.9 Å². The average molecular weight is 400 g/mol. The van der Waals surface area contributed by atoms with Gasteiger partial charge in [-0.15, -0.1) is 0 Å². The molecular formula is C19H18ClN5O3. The largest absolute Gasteiger partial charge is 0.459 e. The Morgan fingerprint density at radius 2 is 1.89 bits per heavy atom. The molecule has 0 unspecified atom stereocenters. The summed E-state index contributed by atoms with van der Waals surface area (Å²) in [6, 6.07) is 10.4. The Hall–Kier alpha value is -3.26. The third kappa shape index (κ3) is 3.86. The van der Waals surface area contributed by atoms with E-state index < -0.39 is 0 Å². The number of benzene rings is 1. The molecule has 3 heterocycles. The summed E-state index contributed by atoms with van der Waals surface area (Å²) in [5.74, 6) is 2.07. The maximum atomic E-state index is 12.4. The molecule has 1 amide bonds. The summed E-state index contributed by atoms with van der Waals surface area (Å²) < 4.78 is 11.1. The zero-order valence-electron chi connectivity index (χ0n) is 14.9. The lowest BCUT2D eigenvalue weighted by atomic mass is 10.2. The van der Waals surface area contributed by atoms with Crippen LogP contribution in [0.4, 0.5) is 11.8 Å². The first-order valence-electron chi connectivity index (χ1n) is 8.74. The van der Waals surface area contributed by atoms with Crippen LogP contribution in [0.3, 0.4) is 0 Å². The third-order valence-electron chi connectivity index (χ3n) is 4.39. The van der Waals surface area contributed by atoms with E-state index >= 15 is 0 Å². The predicted molar refractivity (Wildman–Crippen MR) is 105 cm³/mol. The van der Waals surface area contributed by atoms with Gasteiger partial charge in [0, 0.05) is 31.2 Å². The Morgan fingerprint density at radius 3 is 2.57 bits per heavy atom. The van der Waals surface area contributed by atoms with E-state index in [1.165, 1.54) is 6.26 Å². The first kappa shape index (κ1) is 18.1. The Morgan fingerprint density at radius 1 is 1.14 bits per heavy atom. The average Bonchev–Trinajstić information content (AvgIpc) is 3.25. The van der Waals surface area contributed by atoms with Crippen molar-refractivity contribution in [3.63, 3.8) is 0 Å².